The van der Waals surface area contributed by atoms with Crippen molar-refractivity contribution in [3.63, 3.8) is 0 Å². The molecule has 7 nitrogen and oxygen atoms in total. The van der Waals surface area contributed by atoms with Gasteiger partial charge in [0.1, 0.15) is 11.5 Å². The first-order chi connectivity index (χ1) is 16.0. The SMILES string of the molecule is COc1cccc(/C=C/C(=O)OC(C)C(=O)Nc2ccc(Oc3ccccc3)cc2)c1OC. The number of ether oxygens (including phenoxy) is 4. The highest BCUT2D eigenvalue weighted by atomic mass is 16.5. The Labute approximate surface area is 192 Å². The molecular formula is C26H25NO6. The lowest BCUT2D eigenvalue weighted by atomic mass is 10.1. The predicted octanol–water partition coefficient (Wildman–Crippen LogP) is 5.08. The van der Waals surface area contributed by atoms with Gasteiger partial charge < -0.3 is 24.3 Å². The van der Waals surface area contributed by atoms with Crippen LogP contribution in [0, 0.1) is 0 Å². The Morgan fingerprint density at radius 3 is 2.21 bits per heavy atom. The van der Waals surface area contributed by atoms with E-state index in [1.165, 1.54) is 27.2 Å². The fourth-order valence-electron chi connectivity index (χ4n) is 2.94. The van der Waals surface area contributed by atoms with Crippen LogP contribution in [0.2, 0.25) is 0 Å². The molecule has 0 saturated carbocycles. The van der Waals surface area contributed by atoms with Crippen molar-refractivity contribution in [1.29, 1.82) is 0 Å². The van der Waals surface area contributed by atoms with Crippen LogP contribution in [-0.2, 0) is 14.3 Å². The molecule has 170 valence electrons. The fourth-order valence-corrected chi connectivity index (χ4v) is 2.94. The number of benzene rings is 3. The van der Waals surface area contributed by atoms with Crippen molar-refractivity contribution in [2.24, 2.45) is 0 Å². The first-order valence-electron chi connectivity index (χ1n) is 10.2. The monoisotopic (exact) mass is 447 g/mol. The Morgan fingerprint density at radius 2 is 1.55 bits per heavy atom. The number of methoxy groups -OCH3 is 2. The molecule has 1 unspecified atom stereocenters. The van der Waals surface area contributed by atoms with Gasteiger partial charge in [-0.05, 0) is 55.5 Å². The van der Waals surface area contributed by atoms with Gasteiger partial charge in [0.2, 0.25) is 0 Å². The number of carbonyl (C=O) groups excluding carboxylic acids is 2. The van der Waals surface area contributed by atoms with Crippen molar-refractivity contribution in [3.8, 4) is 23.0 Å². The number of carbonyl (C=O) groups is 2. The van der Waals surface area contributed by atoms with Gasteiger partial charge in [0.05, 0.1) is 14.2 Å². The number of hydrogen-bond donors (Lipinski definition) is 1. The van der Waals surface area contributed by atoms with E-state index in [-0.39, 0.29) is 0 Å². The van der Waals surface area contributed by atoms with Crippen LogP contribution in [0.5, 0.6) is 23.0 Å². The lowest BCUT2D eigenvalue weighted by Crippen LogP contribution is -2.29. The summed E-state index contributed by atoms with van der Waals surface area (Å²) in [6.07, 6.45) is 1.78. The lowest BCUT2D eigenvalue weighted by Gasteiger charge is -2.13. The van der Waals surface area contributed by atoms with Gasteiger partial charge in [0, 0.05) is 17.3 Å². The zero-order chi connectivity index (χ0) is 23.6. The molecule has 3 aromatic carbocycles. The van der Waals surface area contributed by atoms with Crippen molar-refractivity contribution >= 4 is 23.6 Å². The molecule has 33 heavy (non-hydrogen) atoms. The van der Waals surface area contributed by atoms with Crippen molar-refractivity contribution in [3.05, 3.63) is 84.4 Å². The second kappa shape index (κ2) is 11.4. The molecule has 0 radical (unpaired) electrons. The van der Waals surface area contributed by atoms with Crippen LogP contribution in [0.25, 0.3) is 6.08 Å². The summed E-state index contributed by atoms with van der Waals surface area (Å²) in [6.45, 7) is 1.50. The van der Waals surface area contributed by atoms with Gasteiger partial charge in [-0.15, -0.1) is 0 Å². The largest absolute Gasteiger partial charge is 0.493 e. The Kier molecular flexibility index (Phi) is 8.07. The van der Waals surface area contributed by atoms with E-state index in [2.05, 4.69) is 5.32 Å². The number of anilines is 1. The van der Waals surface area contributed by atoms with Crippen molar-refractivity contribution in [1.82, 2.24) is 0 Å². The van der Waals surface area contributed by atoms with Crippen LogP contribution >= 0.6 is 0 Å². The summed E-state index contributed by atoms with van der Waals surface area (Å²) in [5.41, 5.74) is 1.20. The van der Waals surface area contributed by atoms with Gasteiger partial charge >= 0.3 is 5.97 Å². The minimum Gasteiger partial charge on any atom is -0.493 e. The molecule has 0 aliphatic carbocycles. The Balaban J connectivity index is 1.54. The zero-order valence-electron chi connectivity index (χ0n) is 18.6. The maximum absolute atomic E-state index is 12.4. The van der Waals surface area contributed by atoms with E-state index in [0.717, 1.165) is 5.75 Å². The molecule has 3 aromatic rings. The number of nitrogens with one attached hydrogen (secondary N) is 1. The predicted molar refractivity (Wildman–Crippen MR) is 126 cm³/mol. The quantitative estimate of drug-likeness (QED) is 0.364. The molecule has 0 aliphatic heterocycles. The number of esters is 1. The minimum atomic E-state index is -0.991. The molecular weight excluding hydrogens is 422 g/mol. The third kappa shape index (κ3) is 6.61. The van der Waals surface area contributed by atoms with Crippen LogP contribution in [0.3, 0.4) is 0 Å². The molecule has 0 bridgehead atoms. The highest BCUT2D eigenvalue weighted by Gasteiger charge is 2.17. The van der Waals surface area contributed by atoms with Crippen LogP contribution < -0.4 is 19.5 Å². The van der Waals surface area contributed by atoms with Crippen molar-refractivity contribution in [2.45, 2.75) is 13.0 Å². The number of para-hydroxylation sites is 2. The topological polar surface area (TPSA) is 83.1 Å². The molecule has 3 rings (SSSR count). The van der Waals surface area contributed by atoms with Gasteiger partial charge in [-0.1, -0.05) is 30.3 Å². The van der Waals surface area contributed by atoms with Gasteiger partial charge in [0.25, 0.3) is 5.91 Å². The molecule has 7 heteroatoms. The van der Waals surface area contributed by atoms with Crippen LogP contribution in [-0.4, -0.2) is 32.2 Å². The molecule has 1 atom stereocenters. The Morgan fingerprint density at radius 1 is 0.848 bits per heavy atom. The molecule has 1 amide bonds. The van der Waals surface area contributed by atoms with Gasteiger partial charge in [-0.3, -0.25) is 4.79 Å². The Bertz CT molecular complexity index is 1110. The summed E-state index contributed by atoms with van der Waals surface area (Å²) in [5.74, 6) is 1.28. The highest BCUT2D eigenvalue weighted by Crippen LogP contribution is 2.31. The number of hydrogen-bond acceptors (Lipinski definition) is 6. The van der Waals surface area contributed by atoms with E-state index in [1.807, 2.05) is 30.3 Å². The summed E-state index contributed by atoms with van der Waals surface area (Å²) in [7, 11) is 3.05. The Hall–Kier alpha value is -4.26. The summed E-state index contributed by atoms with van der Waals surface area (Å²) in [6, 6.07) is 21.6. The average Bonchev–Trinajstić information content (AvgIpc) is 2.84. The molecule has 0 aliphatic rings. The standard InChI is InChI=1S/C26H25NO6/c1-18(32-24(28)17-12-19-8-7-11-23(30-2)25(19)31-3)26(29)27-20-13-15-22(16-14-20)33-21-9-5-4-6-10-21/h4-18H,1-3H3,(H,27,29)/b17-12+. The van der Waals surface area contributed by atoms with Gasteiger partial charge in [0.15, 0.2) is 17.6 Å². The average molecular weight is 447 g/mol. The zero-order valence-corrected chi connectivity index (χ0v) is 18.6. The second-order valence-corrected chi connectivity index (χ2v) is 6.92. The number of amides is 1. The van der Waals surface area contributed by atoms with E-state index >= 15 is 0 Å². The molecule has 0 saturated heterocycles. The summed E-state index contributed by atoms with van der Waals surface area (Å²) < 4.78 is 21.5. The smallest absolute Gasteiger partial charge is 0.331 e. The van der Waals surface area contributed by atoms with Crippen LogP contribution in [0.1, 0.15) is 12.5 Å². The number of rotatable bonds is 9. The maximum atomic E-state index is 12.4. The second-order valence-electron chi connectivity index (χ2n) is 6.92. The third-order valence-corrected chi connectivity index (χ3v) is 4.60. The van der Waals surface area contributed by atoms with E-state index in [9.17, 15) is 9.59 Å². The molecule has 0 spiro atoms. The molecule has 0 fully saturated rings. The van der Waals surface area contributed by atoms with Crippen LogP contribution in [0.4, 0.5) is 5.69 Å². The first-order valence-corrected chi connectivity index (χ1v) is 10.2. The van der Waals surface area contributed by atoms with Crippen molar-refractivity contribution < 1.29 is 28.5 Å². The fraction of sp³-hybridized carbons (Fsp3) is 0.154. The van der Waals surface area contributed by atoms with E-state index in [1.54, 1.807) is 48.5 Å². The highest BCUT2D eigenvalue weighted by molar-refractivity contribution is 5.96. The van der Waals surface area contributed by atoms with Gasteiger partial charge in [-0.2, -0.15) is 0 Å². The summed E-state index contributed by atoms with van der Waals surface area (Å²) in [4.78, 5) is 24.6. The van der Waals surface area contributed by atoms with E-state index in [4.69, 9.17) is 18.9 Å². The van der Waals surface area contributed by atoms with E-state index < -0.39 is 18.0 Å². The first kappa shape index (κ1) is 23.4. The summed E-state index contributed by atoms with van der Waals surface area (Å²) in [5, 5.41) is 2.71. The summed E-state index contributed by atoms with van der Waals surface area (Å²) >= 11 is 0. The molecule has 0 heterocycles. The normalized spacial score (nSPS) is 11.5. The molecule has 0 aromatic heterocycles. The lowest BCUT2D eigenvalue weighted by molar-refractivity contribution is -0.148. The van der Waals surface area contributed by atoms with Crippen molar-refractivity contribution in [2.75, 3.05) is 19.5 Å². The van der Waals surface area contributed by atoms with E-state index in [0.29, 0.717) is 28.5 Å². The maximum Gasteiger partial charge on any atom is 0.331 e. The third-order valence-electron chi connectivity index (χ3n) is 4.60. The van der Waals surface area contributed by atoms with Crippen LogP contribution in [0.15, 0.2) is 78.9 Å². The van der Waals surface area contributed by atoms with Gasteiger partial charge in [-0.25, -0.2) is 4.79 Å². The molecule has 1 N–H and O–H groups in total. The minimum absolute atomic E-state index is 0.451.